The number of aliphatic hydroxyl groups excluding tert-OH is 2. The predicted molar refractivity (Wildman–Crippen MR) is 475 cm³/mol. The average Bonchev–Trinajstić information content (AvgIpc) is 1.67. The van der Waals surface area contributed by atoms with Crippen molar-refractivity contribution in [1.82, 2.24) is 97.6 Å². The average molecular weight is 1840 g/mol. The van der Waals surface area contributed by atoms with E-state index in [0.29, 0.717) is 64.2 Å². The molecule has 0 spiro atoms. The highest BCUT2D eigenvalue weighted by Gasteiger charge is 2.47. The highest BCUT2D eigenvalue weighted by atomic mass is 32.2. The number of phenolic OH excluding ortho intramolecular Hbond substituents is 1. The molecule has 6 heterocycles. The molecule has 6 aromatic rings. The Labute approximate surface area is 757 Å². The number of amides is 18. The number of benzene rings is 3. The second-order valence-corrected chi connectivity index (χ2v) is 33.8. The number of aromatic amines is 3. The number of para-hydroxylation sites is 2. The Balaban J connectivity index is 1.08. The van der Waals surface area contributed by atoms with Crippen molar-refractivity contribution in [2.75, 3.05) is 58.9 Å². The maximum atomic E-state index is 15.6. The van der Waals surface area contributed by atoms with Gasteiger partial charge in [0.25, 0.3) is 5.91 Å². The molecule has 3 aliphatic heterocycles. The minimum Gasteiger partial charge on any atom is -0.508 e. The number of carbonyl (C=O) groups is 18. The van der Waals surface area contributed by atoms with Crippen LogP contribution in [0.2, 0.25) is 0 Å². The number of thioether (sulfide) groups is 1. The van der Waals surface area contributed by atoms with Crippen molar-refractivity contribution < 1.29 is 102 Å². The number of unbranched alkanes of at least 4 members (excludes halogenated alkanes) is 2. The molecule has 18 amide bonds. The van der Waals surface area contributed by atoms with Crippen LogP contribution in [0.1, 0.15) is 120 Å². The van der Waals surface area contributed by atoms with Gasteiger partial charge < -0.3 is 125 Å². The van der Waals surface area contributed by atoms with Gasteiger partial charge in [0.2, 0.25) is 100 Å². The van der Waals surface area contributed by atoms with Crippen LogP contribution in [0.15, 0.2) is 110 Å². The van der Waals surface area contributed by atoms with Crippen LogP contribution >= 0.6 is 11.8 Å². The summed E-state index contributed by atoms with van der Waals surface area (Å²) in [4.78, 5) is 278. The lowest BCUT2D eigenvalue weighted by molar-refractivity contribution is -0.149. The number of nitrogens with two attached hydrogens (primary N) is 3. The number of hydrogen-bond donors (Lipinski definition) is 19. The van der Waals surface area contributed by atoms with Crippen LogP contribution in [-0.2, 0) is 112 Å². The lowest BCUT2D eigenvalue weighted by Crippen LogP contribution is -2.61. The number of phenols is 1. The van der Waals surface area contributed by atoms with Crippen molar-refractivity contribution in [2.45, 2.75) is 208 Å². The first-order chi connectivity index (χ1) is 62.4. The van der Waals surface area contributed by atoms with Gasteiger partial charge in [0.1, 0.15) is 84.3 Å². The molecular formula is C87H116N22O21S. The Morgan fingerprint density at radius 1 is 0.557 bits per heavy atom. The topological polar surface area (TPSA) is 643 Å². The summed E-state index contributed by atoms with van der Waals surface area (Å²) in [6, 6.07) is -1.59. The number of fused-ring (bicyclic) bond motifs is 4. The van der Waals surface area contributed by atoms with Gasteiger partial charge in [-0.2, -0.15) is 0 Å². The maximum absolute atomic E-state index is 15.6. The fourth-order valence-corrected chi connectivity index (χ4v) is 16.7. The lowest BCUT2D eigenvalue weighted by atomic mass is 10.00. The Morgan fingerprint density at radius 2 is 1.10 bits per heavy atom. The first-order valence-corrected chi connectivity index (χ1v) is 44.2. The third-order valence-corrected chi connectivity index (χ3v) is 24.2. The summed E-state index contributed by atoms with van der Waals surface area (Å²) in [5.41, 5.74) is 18.9. The van der Waals surface area contributed by atoms with Gasteiger partial charge in [-0.1, -0.05) is 94.6 Å². The van der Waals surface area contributed by atoms with E-state index in [1.54, 1.807) is 60.9 Å². The Hall–Kier alpha value is -13.8. The van der Waals surface area contributed by atoms with Gasteiger partial charge in [0, 0.05) is 125 Å². The smallest absolute Gasteiger partial charge is 0.267 e. The predicted octanol–water partition coefficient (Wildman–Crippen LogP) is -3.83. The number of aliphatic hydroxyl groups is 2. The number of rotatable bonds is 23. The summed E-state index contributed by atoms with van der Waals surface area (Å²) in [7, 11) is 3.83. The SMILES string of the molecule is C=C1NC(=O)[C@H](CCCC)N(C)C(=O)[C@H](CCCC)N(C)C(=O)[C@H](Cc2c[nH]c3ccccc23)NC(=O)[C@H](CO)NC(=O)[C@H](Cc2c[nH]c3ccccc23)NC(=O)[C@@H]2C[C@@H](O)CN2C(=O)[C@H](CCC(N)=O)NC(=O)[C@H](Cc2cnc[nH]2)NC(=O)[C@@H]2CCCN2C(=O)[C@H](CC(N)=O)NC(=O)[C@H](C)N(C)C(=O)[C@H](Cc2ccc(O)cc2)NC(=O)CSC[C@@H](C(=O)NCC(N)=O)NC1=O. The molecule has 9 rings (SSSR count). The molecule has 3 aliphatic rings. The van der Waals surface area contributed by atoms with Crippen molar-refractivity contribution in [3.8, 4) is 5.75 Å². The van der Waals surface area contributed by atoms with E-state index in [1.807, 2.05) is 13.8 Å². The summed E-state index contributed by atoms with van der Waals surface area (Å²) in [6.07, 6.45) is 2.24. The van der Waals surface area contributed by atoms with Crippen molar-refractivity contribution in [3.63, 3.8) is 0 Å². The Bertz CT molecular complexity index is 5180. The van der Waals surface area contributed by atoms with Gasteiger partial charge >= 0.3 is 0 Å². The first-order valence-electron chi connectivity index (χ1n) is 43.1. The van der Waals surface area contributed by atoms with Crippen LogP contribution in [0.3, 0.4) is 0 Å². The van der Waals surface area contributed by atoms with E-state index < -0.39 is 254 Å². The quantitative estimate of drug-likeness (QED) is 0.0273. The van der Waals surface area contributed by atoms with E-state index in [4.69, 9.17) is 17.2 Å². The van der Waals surface area contributed by atoms with E-state index in [9.17, 15) is 68.1 Å². The fourth-order valence-electron chi connectivity index (χ4n) is 15.8. The van der Waals surface area contributed by atoms with Crippen molar-refractivity contribution in [3.05, 3.63) is 132 Å². The molecule has 3 aromatic carbocycles. The van der Waals surface area contributed by atoms with Gasteiger partial charge in [0.05, 0.1) is 43.5 Å². The van der Waals surface area contributed by atoms with E-state index in [2.05, 4.69) is 79.7 Å². The molecular weight excluding hydrogens is 1720 g/mol. The molecule has 0 radical (unpaired) electrons. The lowest BCUT2D eigenvalue weighted by Gasteiger charge is -2.36. The van der Waals surface area contributed by atoms with Crippen molar-refractivity contribution in [2.24, 2.45) is 17.2 Å². The minimum absolute atomic E-state index is 0.0149. The molecule has 22 N–H and O–H groups in total. The molecule has 3 aromatic heterocycles. The molecule has 3 saturated heterocycles. The molecule has 43 nitrogen and oxygen atoms in total. The van der Waals surface area contributed by atoms with E-state index in [-0.39, 0.29) is 69.4 Å². The number of carbonyl (C=O) groups excluding carboxylic acids is 18. The van der Waals surface area contributed by atoms with Crippen LogP contribution in [0.5, 0.6) is 5.75 Å². The Morgan fingerprint density at radius 3 is 1.69 bits per heavy atom. The number of imidazole rings is 1. The summed E-state index contributed by atoms with van der Waals surface area (Å²) in [5.74, 6) is -19.1. The summed E-state index contributed by atoms with van der Waals surface area (Å²) in [6.45, 7) is 6.07. The third kappa shape index (κ3) is 27.4. The summed E-state index contributed by atoms with van der Waals surface area (Å²) < 4.78 is 0. The first kappa shape index (κ1) is 101. The molecule has 0 saturated carbocycles. The molecule has 0 aliphatic carbocycles. The van der Waals surface area contributed by atoms with Gasteiger partial charge in [0.15, 0.2) is 0 Å². The zero-order valence-electron chi connectivity index (χ0n) is 73.6. The number of nitrogens with zero attached hydrogens (tertiary/aromatic N) is 6. The van der Waals surface area contributed by atoms with Crippen LogP contribution in [0.4, 0.5) is 0 Å². The number of H-pyrrole nitrogens is 3. The molecule has 3 fully saturated rings. The normalized spacial score (nSPS) is 24.6. The van der Waals surface area contributed by atoms with Gasteiger partial charge in [-0.25, -0.2) is 4.98 Å². The maximum Gasteiger partial charge on any atom is 0.267 e. The minimum atomic E-state index is -1.92. The van der Waals surface area contributed by atoms with Crippen LogP contribution < -0.4 is 70.4 Å². The highest BCUT2D eigenvalue weighted by molar-refractivity contribution is 8.00. The number of nitrogens with one attached hydrogen (secondary N) is 13. The summed E-state index contributed by atoms with van der Waals surface area (Å²) in [5, 5.41) is 59.4. The Kier molecular flexibility index (Phi) is 36.6. The second-order valence-electron chi connectivity index (χ2n) is 32.7. The summed E-state index contributed by atoms with van der Waals surface area (Å²) >= 11 is 0.741. The van der Waals surface area contributed by atoms with Gasteiger partial charge in [-0.05, 0) is 80.0 Å². The number of likely N-dealkylation sites (N-methyl/N-ethyl adjacent to an activating group) is 3. The van der Waals surface area contributed by atoms with Crippen molar-refractivity contribution in [1.29, 1.82) is 0 Å². The molecule has 0 unspecified atom stereocenters. The number of hydrogen-bond acceptors (Lipinski definition) is 23. The highest BCUT2D eigenvalue weighted by Crippen LogP contribution is 2.28. The van der Waals surface area contributed by atoms with E-state index in [1.165, 1.54) is 64.9 Å². The number of aromatic nitrogens is 4. The molecule has 14 atom stereocenters. The molecule has 706 valence electrons. The second kappa shape index (κ2) is 47.5. The molecule has 0 bridgehead atoms. The van der Waals surface area contributed by atoms with E-state index in [0.717, 1.165) is 36.3 Å². The van der Waals surface area contributed by atoms with Gasteiger partial charge in [-0.3, -0.25) is 86.3 Å². The standard InChI is InChI=1S/C87H116N22O21S/c1-8-10-21-66-80(123)96-46(3)74(117)104-65(76(119)94-40-72(90)115)43-131-44-73(116)97-61(31-48-24-26-52(111)27-25-48)83(126)105(5)47(4)75(118)101-63(36-71(89)114)86(129)108-30-16-23-67(108)81(124)100-60(34-51-39-91-45-95-51)78(121)98-58(28-29-70(88)113)85(128)109-41-53(112)35-69(109)82(125)99-59(32-49-37-92-56-19-14-12-17-54(49)56)77(120)103-64(42-110)79(122)102-62(33-50-38-93-57-20-15-13-18-55(50)57)84(127)107(7)68(22-11-9-2)87(130)106(66)6/h12-15,17-20,24-27,37-39,45,47,53,58-69,92-93,110-112H,3,8-11,16,21-23,28-36,40-44H2,1-2,4-7H3,(H2,88,113)(H2,89,114)(H2,90,115)(H,91,95)(H,94,119)(H,96,123)(H,97,116)(H,98,121)(H,99,125)(H,100,124)(H,101,118)(H,102,122)(H,103,120)(H,104,117)/t47-,53+,58-,59-,60-,61-,62-,63-,64-,65-,66-,67-,68-,69-/m0/s1. The zero-order chi connectivity index (χ0) is 95.6. The third-order valence-electron chi connectivity index (χ3n) is 23.2. The number of primary amides is 3. The van der Waals surface area contributed by atoms with Crippen LogP contribution in [-0.4, -0.2) is 310 Å². The number of aromatic hydroxyl groups is 1. The monoisotopic (exact) mass is 1840 g/mol. The van der Waals surface area contributed by atoms with Crippen LogP contribution in [0.25, 0.3) is 21.8 Å². The zero-order valence-corrected chi connectivity index (χ0v) is 74.4. The molecule has 131 heavy (non-hydrogen) atoms. The largest absolute Gasteiger partial charge is 0.508 e. The van der Waals surface area contributed by atoms with Crippen molar-refractivity contribution >= 4 is 140 Å². The van der Waals surface area contributed by atoms with E-state index >= 15 is 33.6 Å². The fraction of sp³-hybridized carbons (Fsp3) is 0.483. The molecule has 44 heteroatoms. The van der Waals surface area contributed by atoms with Gasteiger partial charge in [-0.15, -0.1) is 11.8 Å². The van der Waals surface area contributed by atoms with Crippen LogP contribution in [0, 0.1) is 0 Å².